The zero-order valence-corrected chi connectivity index (χ0v) is 14.4. The predicted octanol–water partition coefficient (Wildman–Crippen LogP) is 0.840. The van der Waals surface area contributed by atoms with Crippen LogP contribution in [0.25, 0.3) is 11.2 Å². The second-order valence-electron chi connectivity index (χ2n) is 6.15. The van der Waals surface area contributed by atoms with Gasteiger partial charge in [-0.1, -0.05) is 12.8 Å². The quantitative estimate of drug-likeness (QED) is 0.819. The molecule has 24 heavy (non-hydrogen) atoms. The number of aryl methyl sites for hydroxylation is 1. The number of aromatic amines is 1. The average Bonchev–Trinajstić information content (AvgIpc) is 2.75. The number of rotatable bonds is 5. The molecule has 3 heterocycles. The van der Waals surface area contributed by atoms with Gasteiger partial charge in [0.25, 0.3) is 5.56 Å². The zero-order chi connectivity index (χ0) is 17.1. The molecule has 2 aromatic rings. The van der Waals surface area contributed by atoms with Gasteiger partial charge >= 0.3 is 5.69 Å². The topological polar surface area (TPSA) is 85.2 Å². The van der Waals surface area contributed by atoms with Gasteiger partial charge in [0, 0.05) is 33.3 Å². The highest BCUT2D eigenvalue weighted by Crippen LogP contribution is 2.22. The number of anilines is 1. The monoisotopic (exact) mass is 335 g/mol. The van der Waals surface area contributed by atoms with Crippen molar-refractivity contribution in [1.82, 2.24) is 19.1 Å². The van der Waals surface area contributed by atoms with Crippen molar-refractivity contribution in [3.05, 3.63) is 20.8 Å². The molecule has 2 aromatic heterocycles. The van der Waals surface area contributed by atoms with Gasteiger partial charge in [0.15, 0.2) is 11.2 Å². The maximum absolute atomic E-state index is 12.4. The van der Waals surface area contributed by atoms with Crippen molar-refractivity contribution in [2.24, 2.45) is 7.05 Å². The van der Waals surface area contributed by atoms with Crippen LogP contribution < -0.4 is 16.1 Å². The minimum Gasteiger partial charge on any atom is -0.380 e. The average molecular weight is 335 g/mol. The molecule has 8 nitrogen and oxygen atoms in total. The highest BCUT2D eigenvalue weighted by atomic mass is 16.5. The summed E-state index contributed by atoms with van der Waals surface area (Å²) >= 11 is 0. The van der Waals surface area contributed by atoms with Crippen molar-refractivity contribution in [3.63, 3.8) is 0 Å². The number of nitrogens with one attached hydrogen (secondary N) is 1. The molecule has 0 aliphatic carbocycles. The Morgan fingerprint density at radius 1 is 1.17 bits per heavy atom. The van der Waals surface area contributed by atoms with Gasteiger partial charge in [-0.15, -0.1) is 0 Å². The molecule has 0 atom stereocenters. The fourth-order valence-corrected chi connectivity index (χ4v) is 3.25. The maximum atomic E-state index is 12.4. The van der Waals surface area contributed by atoms with Gasteiger partial charge in [-0.3, -0.25) is 14.3 Å². The maximum Gasteiger partial charge on any atom is 0.329 e. The van der Waals surface area contributed by atoms with Crippen LogP contribution in [0.2, 0.25) is 0 Å². The van der Waals surface area contributed by atoms with E-state index in [0.29, 0.717) is 30.9 Å². The van der Waals surface area contributed by atoms with Crippen molar-refractivity contribution in [2.75, 3.05) is 31.2 Å². The van der Waals surface area contributed by atoms with Crippen LogP contribution in [0.5, 0.6) is 0 Å². The van der Waals surface area contributed by atoms with E-state index in [1.807, 2.05) is 11.5 Å². The molecule has 0 radical (unpaired) electrons. The van der Waals surface area contributed by atoms with Crippen molar-refractivity contribution < 1.29 is 4.74 Å². The molecular weight excluding hydrogens is 310 g/mol. The molecule has 0 aromatic carbocycles. The molecule has 8 heteroatoms. The molecule has 1 saturated heterocycles. The molecule has 3 rings (SSSR count). The molecule has 0 bridgehead atoms. The second kappa shape index (κ2) is 7.21. The van der Waals surface area contributed by atoms with Crippen LogP contribution in [0.1, 0.15) is 32.6 Å². The SMILES string of the molecule is CCOCCn1c(N2CCCCCC2)nc2c1c(=O)[nH]c(=O)n2C. The molecule has 1 aliphatic heterocycles. The van der Waals surface area contributed by atoms with Crippen LogP contribution in [0.15, 0.2) is 9.59 Å². The highest BCUT2D eigenvalue weighted by Gasteiger charge is 2.22. The Bertz CT molecular complexity index is 811. The van der Waals surface area contributed by atoms with E-state index >= 15 is 0 Å². The van der Waals surface area contributed by atoms with Gasteiger partial charge in [0.1, 0.15) is 0 Å². The summed E-state index contributed by atoms with van der Waals surface area (Å²) in [5.41, 5.74) is 0.0399. The smallest absolute Gasteiger partial charge is 0.329 e. The Hall–Kier alpha value is -2.09. The standard InChI is InChI=1S/C16H25N5O3/c1-3-24-11-10-21-12-13(19(2)16(23)18-14(12)22)17-15(21)20-8-6-4-5-7-9-20/h3-11H2,1-2H3,(H,18,22,23). The lowest BCUT2D eigenvalue weighted by Crippen LogP contribution is -2.30. The Morgan fingerprint density at radius 2 is 1.88 bits per heavy atom. The largest absolute Gasteiger partial charge is 0.380 e. The van der Waals surface area contributed by atoms with Gasteiger partial charge in [0.05, 0.1) is 6.61 Å². The van der Waals surface area contributed by atoms with Crippen LogP contribution in [0.4, 0.5) is 5.95 Å². The summed E-state index contributed by atoms with van der Waals surface area (Å²) in [7, 11) is 1.63. The van der Waals surface area contributed by atoms with E-state index in [1.165, 1.54) is 17.4 Å². The summed E-state index contributed by atoms with van der Waals surface area (Å²) in [6, 6.07) is 0. The van der Waals surface area contributed by atoms with E-state index in [9.17, 15) is 9.59 Å². The molecular formula is C16H25N5O3. The summed E-state index contributed by atoms with van der Waals surface area (Å²) in [4.78, 5) is 33.5. The third kappa shape index (κ3) is 3.10. The number of H-pyrrole nitrogens is 1. The summed E-state index contributed by atoms with van der Waals surface area (Å²) in [6.45, 7) is 5.45. The predicted molar refractivity (Wildman–Crippen MR) is 92.8 cm³/mol. The highest BCUT2D eigenvalue weighted by molar-refractivity contribution is 5.74. The van der Waals surface area contributed by atoms with Crippen LogP contribution in [-0.2, 0) is 18.3 Å². The molecule has 0 amide bonds. The van der Waals surface area contributed by atoms with Gasteiger partial charge in [-0.25, -0.2) is 4.79 Å². The fourth-order valence-electron chi connectivity index (χ4n) is 3.25. The minimum atomic E-state index is -0.440. The third-order valence-electron chi connectivity index (χ3n) is 4.54. The Morgan fingerprint density at radius 3 is 2.54 bits per heavy atom. The van der Waals surface area contributed by atoms with Crippen LogP contribution >= 0.6 is 0 Å². The van der Waals surface area contributed by atoms with E-state index in [-0.39, 0.29) is 0 Å². The summed E-state index contributed by atoms with van der Waals surface area (Å²) in [5, 5.41) is 0. The van der Waals surface area contributed by atoms with E-state index < -0.39 is 11.2 Å². The second-order valence-corrected chi connectivity index (χ2v) is 6.15. The number of imidazole rings is 1. The molecule has 0 spiro atoms. The van der Waals surface area contributed by atoms with Crippen LogP contribution in [0, 0.1) is 0 Å². The van der Waals surface area contributed by atoms with Crippen molar-refractivity contribution in [2.45, 2.75) is 39.2 Å². The first-order chi connectivity index (χ1) is 11.6. The van der Waals surface area contributed by atoms with Crippen molar-refractivity contribution in [3.8, 4) is 0 Å². The Labute approximate surface area is 140 Å². The first kappa shape index (κ1) is 16.8. The van der Waals surface area contributed by atoms with E-state index in [0.717, 1.165) is 31.9 Å². The Balaban J connectivity index is 2.13. The molecule has 1 aliphatic rings. The Kier molecular flexibility index (Phi) is 5.03. The van der Waals surface area contributed by atoms with E-state index in [1.54, 1.807) is 7.05 Å². The number of nitrogens with zero attached hydrogens (tertiary/aromatic N) is 4. The lowest BCUT2D eigenvalue weighted by molar-refractivity contribution is 0.140. The van der Waals surface area contributed by atoms with Crippen molar-refractivity contribution >= 4 is 17.1 Å². The van der Waals surface area contributed by atoms with Gasteiger partial charge < -0.3 is 14.2 Å². The number of hydrogen-bond donors (Lipinski definition) is 1. The van der Waals surface area contributed by atoms with E-state index in [2.05, 4.69) is 14.9 Å². The lowest BCUT2D eigenvalue weighted by Gasteiger charge is -2.22. The third-order valence-corrected chi connectivity index (χ3v) is 4.54. The van der Waals surface area contributed by atoms with Gasteiger partial charge in [-0.2, -0.15) is 4.98 Å². The summed E-state index contributed by atoms with van der Waals surface area (Å²) in [5.74, 6) is 0.762. The fraction of sp³-hybridized carbons (Fsp3) is 0.688. The lowest BCUT2D eigenvalue weighted by atomic mass is 10.2. The molecule has 0 saturated carbocycles. The minimum absolute atomic E-state index is 0.391. The normalized spacial score (nSPS) is 15.8. The molecule has 1 N–H and O–H groups in total. The molecule has 132 valence electrons. The van der Waals surface area contributed by atoms with Gasteiger partial charge in [0.2, 0.25) is 5.95 Å². The first-order valence-electron chi connectivity index (χ1n) is 8.65. The number of ether oxygens (including phenoxy) is 1. The van der Waals surface area contributed by atoms with Crippen LogP contribution in [0.3, 0.4) is 0 Å². The zero-order valence-electron chi connectivity index (χ0n) is 14.4. The number of fused-ring (bicyclic) bond motifs is 1. The number of hydrogen-bond acceptors (Lipinski definition) is 5. The number of aromatic nitrogens is 4. The van der Waals surface area contributed by atoms with Crippen LogP contribution in [-0.4, -0.2) is 45.4 Å². The van der Waals surface area contributed by atoms with Crippen molar-refractivity contribution in [1.29, 1.82) is 0 Å². The van der Waals surface area contributed by atoms with E-state index in [4.69, 9.17) is 4.74 Å². The molecule has 0 unspecified atom stereocenters. The first-order valence-corrected chi connectivity index (χ1v) is 8.65. The van der Waals surface area contributed by atoms with Gasteiger partial charge in [-0.05, 0) is 19.8 Å². The summed E-state index contributed by atoms with van der Waals surface area (Å²) in [6.07, 6.45) is 4.66. The summed E-state index contributed by atoms with van der Waals surface area (Å²) < 4.78 is 8.76. The molecule has 1 fully saturated rings.